The molecule has 1 aromatic rings. The average Bonchev–Trinajstić information content (AvgIpc) is 2.36. The van der Waals surface area contributed by atoms with Crippen LogP contribution >= 0.6 is 0 Å². The molecule has 92 valence electrons. The standard InChI is InChI=1S/C13H11NO4/c1-2-18-13(17)11(8-14)7-9-3-5-10(6-4-9)12(15)16/h3-7H,2H2,1H3,(H,15,16)/b11-7-. The van der Waals surface area contributed by atoms with Gasteiger partial charge in [-0.3, -0.25) is 0 Å². The number of carboxylic acids is 1. The Kier molecular flexibility index (Phi) is 4.64. The number of nitrogens with zero attached hydrogens (tertiary/aromatic N) is 1. The minimum absolute atomic E-state index is 0.125. The highest BCUT2D eigenvalue weighted by molar-refractivity contribution is 5.98. The second-order valence-electron chi connectivity index (χ2n) is 3.32. The second kappa shape index (κ2) is 6.21. The van der Waals surface area contributed by atoms with Crippen molar-refractivity contribution in [3.8, 4) is 6.07 Å². The summed E-state index contributed by atoms with van der Waals surface area (Å²) in [5.41, 5.74) is 0.575. The summed E-state index contributed by atoms with van der Waals surface area (Å²) in [4.78, 5) is 22.0. The smallest absolute Gasteiger partial charge is 0.348 e. The van der Waals surface area contributed by atoms with E-state index in [1.54, 1.807) is 13.0 Å². The van der Waals surface area contributed by atoms with Crippen molar-refractivity contribution < 1.29 is 19.4 Å². The topological polar surface area (TPSA) is 87.4 Å². The first-order valence-corrected chi connectivity index (χ1v) is 5.20. The zero-order chi connectivity index (χ0) is 13.5. The van der Waals surface area contributed by atoms with E-state index in [9.17, 15) is 9.59 Å². The first-order valence-electron chi connectivity index (χ1n) is 5.20. The van der Waals surface area contributed by atoms with E-state index < -0.39 is 11.9 Å². The third-order valence-electron chi connectivity index (χ3n) is 2.08. The molecule has 5 heteroatoms. The molecule has 0 heterocycles. The quantitative estimate of drug-likeness (QED) is 0.497. The normalized spacial score (nSPS) is 10.6. The van der Waals surface area contributed by atoms with Gasteiger partial charge in [0.15, 0.2) is 0 Å². The molecular weight excluding hydrogens is 234 g/mol. The molecule has 0 aliphatic rings. The van der Waals surface area contributed by atoms with E-state index in [-0.39, 0.29) is 17.7 Å². The number of esters is 1. The van der Waals surface area contributed by atoms with Gasteiger partial charge in [-0.1, -0.05) is 12.1 Å². The summed E-state index contributed by atoms with van der Waals surface area (Å²) in [6.45, 7) is 1.84. The van der Waals surface area contributed by atoms with Crippen LogP contribution < -0.4 is 0 Å². The largest absolute Gasteiger partial charge is 0.478 e. The van der Waals surface area contributed by atoms with Crippen LogP contribution in [0.5, 0.6) is 0 Å². The molecule has 1 N–H and O–H groups in total. The Hall–Kier alpha value is -2.61. The molecule has 0 aliphatic carbocycles. The van der Waals surface area contributed by atoms with Gasteiger partial charge in [0.2, 0.25) is 0 Å². The van der Waals surface area contributed by atoms with Crippen molar-refractivity contribution in [1.82, 2.24) is 0 Å². The molecule has 0 aliphatic heterocycles. The van der Waals surface area contributed by atoms with Gasteiger partial charge in [0.25, 0.3) is 0 Å². The fraction of sp³-hybridized carbons (Fsp3) is 0.154. The van der Waals surface area contributed by atoms with Crippen LogP contribution in [0.15, 0.2) is 29.8 Å². The minimum Gasteiger partial charge on any atom is -0.478 e. The molecule has 1 aromatic carbocycles. The first kappa shape index (κ1) is 13.5. The maximum absolute atomic E-state index is 11.3. The predicted molar refractivity (Wildman–Crippen MR) is 63.6 cm³/mol. The van der Waals surface area contributed by atoms with Crippen LogP contribution in [0, 0.1) is 11.3 Å². The first-order chi connectivity index (χ1) is 8.58. The number of carboxylic acid groups (broad SMARTS) is 1. The van der Waals surface area contributed by atoms with Crippen molar-refractivity contribution in [3.05, 3.63) is 41.0 Å². The predicted octanol–water partition coefficient (Wildman–Crippen LogP) is 1.85. The number of rotatable bonds is 4. The zero-order valence-corrected chi connectivity index (χ0v) is 9.71. The number of carbonyl (C=O) groups is 2. The summed E-state index contributed by atoms with van der Waals surface area (Å²) in [7, 11) is 0. The van der Waals surface area contributed by atoms with E-state index in [1.165, 1.54) is 30.3 Å². The Morgan fingerprint density at radius 1 is 1.39 bits per heavy atom. The fourth-order valence-corrected chi connectivity index (χ4v) is 1.23. The molecule has 18 heavy (non-hydrogen) atoms. The van der Waals surface area contributed by atoms with Gasteiger partial charge in [-0.25, -0.2) is 9.59 Å². The monoisotopic (exact) mass is 245 g/mol. The van der Waals surface area contributed by atoms with Gasteiger partial charge in [0.1, 0.15) is 11.6 Å². The summed E-state index contributed by atoms with van der Waals surface area (Å²) in [6.07, 6.45) is 1.35. The summed E-state index contributed by atoms with van der Waals surface area (Å²) >= 11 is 0. The van der Waals surface area contributed by atoms with E-state index in [4.69, 9.17) is 15.1 Å². The van der Waals surface area contributed by atoms with Crippen LogP contribution in [-0.4, -0.2) is 23.7 Å². The SMILES string of the molecule is CCOC(=O)/C(C#N)=C\c1ccc(C(=O)O)cc1. The Morgan fingerprint density at radius 2 is 2.00 bits per heavy atom. The van der Waals surface area contributed by atoms with Crippen molar-refractivity contribution in [1.29, 1.82) is 5.26 Å². The molecule has 0 spiro atoms. The molecule has 0 fully saturated rings. The summed E-state index contributed by atoms with van der Waals surface area (Å²) in [5.74, 6) is -1.72. The van der Waals surface area contributed by atoms with Crippen molar-refractivity contribution in [3.63, 3.8) is 0 Å². The van der Waals surface area contributed by atoms with Crippen LogP contribution in [0.25, 0.3) is 6.08 Å². The van der Waals surface area contributed by atoms with Crippen LogP contribution in [0.4, 0.5) is 0 Å². The molecule has 0 saturated carbocycles. The van der Waals surface area contributed by atoms with Crippen molar-refractivity contribution in [2.75, 3.05) is 6.61 Å². The highest BCUT2D eigenvalue weighted by Crippen LogP contribution is 2.10. The van der Waals surface area contributed by atoms with Gasteiger partial charge in [0.05, 0.1) is 12.2 Å². The molecule has 0 bridgehead atoms. The zero-order valence-electron chi connectivity index (χ0n) is 9.71. The Morgan fingerprint density at radius 3 is 2.44 bits per heavy atom. The molecule has 0 atom stereocenters. The average molecular weight is 245 g/mol. The maximum atomic E-state index is 11.3. The summed E-state index contributed by atoms with van der Waals surface area (Å²) in [5, 5.41) is 17.5. The molecule has 5 nitrogen and oxygen atoms in total. The number of hydrogen-bond acceptors (Lipinski definition) is 4. The van der Waals surface area contributed by atoms with E-state index in [0.29, 0.717) is 5.56 Å². The van der Waals surface area contributed by atoms with E-state index in [2.05, 4.69) is 0 Å². The van der Waals surface area contributed by atoms with Crippen LogP contribution in [0.2, 0.25) is 0 Å². The van der Waals surface area contributed by atoms with Crippen molar-refractivity contribution in [2.45, 2.75) is 6.92 Å². The van der Waals surface area contributed by atoms with Crippen molar-refractivity contribution in [2.24, 2.45) is 0 Å². The van der Waals surface area contributed by atoms with Crippen molar-refractivity contribution >= 4 is 18.0 Å². The van der Waals surface area contributed by atoms with Gasteiger partial charge in [-0.2, -0.15) is 5.26 Å². The Labute approximate surface area is 104 Å². The number of ether oxygens (including phenoxy) is 1. The number of nitriles is 1. The summed E-state index contributed by atoms with van der Waals surface area (Å²) < 4.78 is 4.71. The molecular formula is C13H11NO4. The Bertz CT molecular complexity index is 523. The van der Waals surface area contributed by atoms with E-state index >= 15 is 0 Å². The van der Waals surface area contributed by atoms with Gasteiger partial charge in [-0.05, 0) is 30.7 Å². The van der Waals surface area contributed by atoms with Gasteiger partial charge in [0, 0.05) is 0 Å². The van der Waals surface area contributed by atoms with Gasteiger partial charge >= 0.3 is 11.9 Å². The molecule has 1 rings (SSSR count). The second-order valence-corrected chi connectivity index (χ2v) is 3.32. The maximum Gasteiger partial charge on any atom is 0.348 e. The highest BCUT2D eigenvalue weighted by atomic mass is 16.5. The summed E-state index contributed by atoms with van der Waals surface area (Å²) in [6, 6.07) is 7.56. The molecule has 0 radical (unpaired) electrons. The highest BCUT2D eigenvalue weighted by Gasteiger charge is 2.09. The lowest BCUT2D eigenvalue weighted by atomic mass is 10.1. The number of aromatic carboxylic acids is 1. The van der Waals surface area contributed by atoms with Crippen LogP contribution in [-0.2, 0) is 9.53 Å². The van der Waals surface area contributed by atoms with Gasteiger partial charge in [-0.15, -0.1) is 0 Å². The fourth-order valence-electron chi connectivity index (χ4n) is 1.23. The molecule has 0 saturated heterocycles. The Balaban J connectivity index is 2.97. The van der Waals surface area contributed by atoms with E-state index in [1.807, 2.05) is 0 Å². The van der Waals surface area contributed by atoms with E-state index in [0.717, 1.165) is 0 Å². The lowest BCUT2D eigenvalue weighted by molar-refractivity contribution is -0.137. The minimum atomic E-state index is -1.03. The molecule has 0 aromatic heterocycles. The third-order valence-corrected chi connectivity index (χ3v) is 2.08. The molecule has 0 unspecified atom stereocenters. The van der Waals surface area contributed by atoms with Crippen LogP contribution in [0.1, 0.15) is 22.8 Å². The lowest BCUT2D eigenvalue weighted by Crippen LogP contribution is -2.06. The number of hydrogen-bond donors (Lipinski definition) is 1. The van der Waals surface area contributed by atoms with Crippen LogP contribution in [0.3, 0.4) is 0 Å². The third kappa shape index (κ3) is 3.46. The lowest BCUT2D eigenvalue weighted by Gasteiger charge is -2.00. The number of carbonyl (C=O) groups excluding carboxylic acids is 1. The number of benzene rings is 1. The van der Waals surface area contributed by atoms with Gasteiger partial charge < -0.3 is 9.84 Å². The molecule has 0 amide bonds.